The maximum atomic E-state index is 12.7. The Hall–Kier alpha value is -1.93. The smallest absolute Gasteiger partial charge is 0.387 e. The number of halogens is 3. The van der Waals surface area contributed by atoms with Crippen molar-refractivity contribution in [1.29, 1.82) is 0 Å². The van der Waals surface area contributed by atoms with Crippen LogP contribution < -0.4 is 15.8 Å². The summed E-state index contributed by atoms with van der Waals surface area (Å²) in [6.07, 6.45) is 1.85. The molecule has 2 atom stereocenters. The zero-order valence-corrected chi connectivity index (χ0v) is 15.3. The zero-order chi connectivity index (χ0) is 18.4. The second kappa shape index (κ2) is 10.3. The highest BCUT2D eigenvalue weighted by Gasteiger charge is 2.35. The van der Waals surface area contributed by atoms with Crippen LogP contribution in [0.1, 0.15) is 36.5 Å². The van der Waals surface area contributed by atoms with Crippen molar-refractivity contribution in [2.24, 2.45) is 5.73 Å². The maximum absolute atomic E-state index is 12.7. The van der Waals surface area contributed by atoms with E-state index in [4.69, 9.17) is 5.73 Å². The third-order valence-corrected chi connectivity index (χ3v) is 4.05. The molecule has 2 amide bonds. The first-order valence-corrected chi connectivity index (χ1v) is 8.28. The molecule has 1 aromatic carbocycles. The predicted molar refractivity (Wildman–Crippen MR) is 95.7 cm³/mol. The van der Waals surface area contributed by atoms with Crippen LogP contribution in [-0.2, 0) is 4.79 Å². The van der Waals surface area contributed by atoms with E-state index in [2.05, 4.69) is 10.1 Å². The zero-order valence-electron chi connectivity index (χ0n) is 14.5. The lowest BCUT2D eigenvalue weighted by Gasteiger charge is -2.25. The molecule has 1 aliphatic rings. The van der Waals surface area contributed by atoms with Crippen LogP contribution in [-0.4, -0.2) is 48.5 Å². The van der Waals surface area contributed by atoms with Gasteiger partial charge < -0.3 is 20.7 Å². The standard InChI is InChI=1S/C17H23F2N3O3.ClH/c1-11(20)8-9-21-15(23)13-6-4-10-22(13)16(24)12-5-2-3-7-14(12)25-17(18)19;/h2-3,5,7,11,13,17H,4,6,8-10,20H2,1H3,(H,21,23);1H. The van der Waals surface area contributed by atoms with E-state index in [1.165, 1.54) is 23.1 Å². The fourth-order valence-corrected chi connectivity index (χ4v) is 2.82. The molecule has 0 aromatic heterocycles. The molecule has 1 saturated heterocycles. The third-order valence-electron chi connectivity index (χ3n) is 4.05. The monoisotopic (exact) mass is 391 g/mol. The molecular formula is C17H24ClF2N3O3. The predicted octanol–water partition coefficient (Wildman–Crippen LogP) is 2.17. The molecule has 0 spiro atoms. The summed E-state index contributed by atoms with van der Waals surface area (Å²) in [6, 6.07) is 5.17. The molecule has 6 nitrogen and oxygen atoms in total. The third kappa shape index (κ3) is 5.81. The number of nitrogens with two attached hydrogens (primary N) is 1. The van der Waals surface area contributed by atoms with Crippen molar-refractivity contribution in [3.8, 4) is 5.75 Å². The van der Waals surface area contributed by atoms with Crippen molar-refractivity contribution in [2.45, 2.75) is 44.9 Å². The van der Waals surface area contributed by atoms with Crippen molar-refractivity contribution in [2.75, 3.05) is 13.1 Å². The first-order chi connectivity index (χ1) is 11.9. The van der Waals surface area contributed by atoms with E-state index in [9.17, 15) is 18.4 Å². The van der Waals surface area contributed by atoms with Gasteiger partial charge in [-0.15, -0.1) is 12.4 Å². The van der Waals surface area contributed by atoms with E-state index in [0.717, 1.165) is 0 Å². The maximum Gasteiger partial charge on any atom is 0.387 e. The fraction of sp³-hybridized carbons (Fsp3) is 0.529. The minimum Gasteiger partial charge on any atom is -0.434 e. The average molecular weight is 392 g/mol. The Morgan fingerprint density at radius 1 is 1.38 bits per heavy atom. The van der Waals surface area contributed by atoms with Crippen LogP contribution in [0.2, 0.25) is 0 Å². The Morgan fingerprint density at radius 3 is 2.73 bits per heavy atom. The van der Waals surface area contributed by atoms with Gasteiger partial charge in [0.2, 0.25) is 5.91 Å². The van der Waals surface area contributed by atoms with E-state index >= 15 is 0 Å². The van der Waals surface area contributed by atoms with Gasteiger partial charge in [-0.05, 0) is 38.3 Å². The Morgan fingerprint density at radius 2 is 2.08 bits per heavy atom. The van der Waals surface area contributed by atoms with Crippen LogP contribution in [0.3, 0.4) is 0 Å². The molecule has 0 bridgehead atoms. The topological polar surface area (TPSA) is 84.7 Å². The van der Waals surface area contributed by atoms with Crippen LogP contribution in [0.5, 0.6) is 5.75 Å². The van der Waals surface area contributed by atoms with Gasteiger partial charge >= 0.3 is 6.61 Å². The molecule has 0 aliphatic carbocycles. The second-order valence-corrected chi connectivity index (χ2v) is 6.09. The number of alkyl halides is 2. The van der Waals surface area contributed by atoms with Gasteiger partial charge in [0.05, 0.1) is 5.56 Å². The largest absolute Gasteiger partial charge is 0.434 e. The van der Waals surface area contributed by atoms with E-state index in [1.807, 2.05) is 6.92 Å². The molecule has 1 heterocycles. The average Bonchev–Trinajstić information content (AvgIpc) is 3.03. The number of hydrogen-bond donors (Lipinski definition) is 2. The minimum atomic E-state index is -3.02. The lowest BCUT2D eigenvalue weighted by Crippen LogP contribution is -2.46. The van der Waals surface area contributed by atoms with Gasteiger partial charge in [0.1, 0.15) is 11.8 Å². The van der Waals surface area contributed by atoms with Crippen molar-refractivity contribution in [1.82, 2.24) is 10.2 Å². The van der Waals surface area contributed by atoms with Gasteiger partial charge in [-0.3, -0.25) is 9.59 Å². The van der Waals surface area contributed by atoms with E-state index < -0.39 is 18.6 Å². The van der Waals surface area contributed by atoms with Crippen molar-refractivity contribution in [3.63, 3.8) is 0 Å². The van der Waals surface area contributed by atoms with Crippen molar-refractivity contribution < 1.29 is 23.1 Å². The molecule has 1 fully saturated rings. The van der Waals surface area contributed by atoms with Crippen molar-refractivity contribution in [3.05, 3.63) is 29.8 Å². The molecular weight excluding hydrogens is 368 g/mol. The molecule has 9 heteroatoms. The van der Waals surface area contributed by atoms with Gasteiger partial charge in [0, 0.05) is 19.1 Å². The summed E-state index contributed by atoms with van der Waals surface area (Å²) in [4.78, 5) is 26.5. The summed E-state index contributed by atoms with van der Waals surface area (Å²) in [5.74, 6) is -0.926. The first kappa shape index (κ1) is 22.1. The van der Waals surface area contributed by atoms with Gasteiger partial charge in [-0.25, -0.2) is 0 Å². The number of amides is 2. The fourth-order valence-electron chi connectivity index (χ4n) is 2.82. The SMILES string of the molecule is CC(N)CCNC(=O)C1CCCN1C(=O)c1ccccc1OC(F)F.Cl. The van der Waals surface area contributed by atoms with Gasteiger partial charge in [0.25, 0.3) is 5.91 Å². The highest BCUT2D eigenvalue weighted by molar-refractivity contribution is 6.00. The number of carbonyl (C=O) groups is 2. The molecule has 1 aliphatic heterocycles. The number of rotatable bonds is 7. The number of ether oxygens (including phenoxy) is 1. The van der Waals surface area contributed by atoms with Gasteiger partial charge in [-0.1, -0.05) is 12.1 Å². The molecule has 26 heavy (non-hydrogen) atoms. The van der Waals surface area contributed by atoms with E-state index in [0.29, 0.717) is 32.4 Å². The summed E-state index contributed by atoms with van der Waals surface area (Å²) in [7, 11) is 0. The lowest BCUT2D eigenvalue weighted by atomic mass is 10.1. The highest BCUT2D eigenvalue weighted by Crippen LogP contribution is 2.26. The Labute approximate surface area is 157 Å². The van der Waals surface area contributed by atoms with Crippen LogP contribution in [0.4, 0.5) is 8.78 Å². The Bertz CT molecular complexity index is 617. The van der Waals surface area contributed by atoms with Crippen molar-refractivity contribution >= 4 is 24.2 Å². The normalized spacial score (nSPS) is 17.6. The summed E-state index contributed by atoms with van der Waals surface area (Å²) in [5, 5.41) is 2.78. The first-order valence-electron chi connectivity index (χ1n) is 8.28. The lowest BCUT2D eigenvalue weighted by molar-refractivity contribution is -0.124. The van der Waals surface area contributed by atoms with Crippen LogP contribution in [0, 0.1) is 0 Å². The summed E-state index contributed by atoms with van der Waals surface area (Å²) < 4.78 is 29.5. The molecule has 1 aromatic rings. The molecule has 2 rings (SSSR count). The number of nitrogens with one attached hydrogen (secondary N) is 1. The summed E-state index contributed by atoms with van der Waals surface area (Å²) >= 11 is 0. The number of carbonyl (C=O) groups excluding carboxylic acids is 2. The Kier molecular flexibility index (Phi) is 8.74. The number of para-hydroxylation sites is 1. The van der Waals surface area contributed by atoms with E-state index in [1.54, 1.807) is 6.07 Å². The van der Waals surface area contributed by atoms with Crippen LogP contribution in [0.15, 0.2) is 24.3 Å². The number of hydrogen-bond acceptors (Lipinski definition) is 4. The molecule has 0 radical (unpaired) electrons. The van der Waals surface area contributed by atoms with Crippen LogP contribution >= 0.6 is 12.4 Å². The quantitative estimate of drug-likeness (QED) is 0.746. The molecule has 2 unspecified atom stereocenters. The number of likely N-dealkylation sites (tertiary alicyclic amines) is 1. The summed E-state index contributed by atoms with van der Waals surface area (Å²) in [6.45, 7) is -0.352. The van der Waals surface area contributed by atoms with Gasteiger partial charge in [0.15, 0.2) is 0 Å². The van der Waals surface area contributed by atoms with Crippen LogP contribution in [0.25, 0.3) is 0 Å². The second-order valence-electron chi connectivity index (χ2n) is 6.09. The summed E-state index contributed by atoms with van der Waals surface area (Å²) in [5.41, 5.74) is 5.67. The minimum absolute atomic E-state index is 0. The Balaban J connectivity index is 0.00000338. The molecule has 146 valence electrons. The number of benzene rings is 1. The van der Waals surface area contributed by atoms with E-state index in [-0.39, 0.29) is 35.7 Å². The molecule has 0 saturated carbocycles. The number of nitrogens with zero attached hydrogens (tertiary/aromatic N) is 1. The molecule has 3 N–H and O–H groups in total. The highest BCUT2D eigenvalue weighted by atomic mass is 35.5. The van der Waals surface area contributed by atoms with Gasteiger partial charge in [-0.2, -0.15) is 8.78 Å².